The molecule has 2 rings (SSSR count). The zero-order valence-electron chi connectivity index (χ0n) is 10.7. The van der Waals surface area contributed by atoms with Crippen LogP contribution in [0.25, 0.3) is 0 Å². The highest BCUT2D eigenvalue weighted by molar-refractivity contribution is 6.32. The van der Waals surface area contributed by atoms with Crippen LogP contribution in [0.3, 0.4) is 0 Å². The lowest BCUT2D eigenvalue weighted by molar-refractivity contribution is 0.103. The zero-order chi connectivity index (χ0) is 14.0. The van der Waals surface area contributed by atoms with Gasteiger partial charge in [-0.15, -0.1) is 0 Å². The number of ketones is 1. The summed E-state index contributed by atoms with van der Waals surface area (Å²) in [5.41, 5.74) is 8.16. The van der Waals surface area contributed by atoms with Gasteiger partial charge in [-0.05, 0) is 30.7 Å². The predicted molar refractivity (Wildman–Crippen MR) is 77.0 cm³/mol. The Morgan fingerprint density at radius 1 is 1.21 bits per heavy atom. The van der Waals surface area contributed by atoms with Crippen molar-refractivity contribution >= 4 is 23.1 Å². The third kappa shape index (κ3) is 2.71. The second kappa shape index (κ2) is 5.33. The Kier molecular flexibility index (Phi) is 3.76. The summed E-state index contributed by atoms with van der Waals surface area (Å²) in [7, 11) is 1.55. The molecule has 0 aromatic heterocycles. The predicted octanol–water partition coefficient (Wildman–Crippen LogP) is 3.47. The minimum Gasteiger partial charge on any atom is -0.497 e. The number of carbonyl (C=O) groups excluding carboxylic acids is 1. The average molecular weight is 276 g/mol. The molecule has 2 aromatic carbocycles. The number of nitrogen functional groups attached to an aromatic ring is 1. The molecule has 0 fully saturated rings. The molecule has 0 saturated carbocycles. The van der Waals surface area contributed by atoms with Gasteiger partial charge in [0, 0.05) is 27.9 Å². The summed E-state index contributed by atoms with van der Waals surface area (Å²) in [5.74, 6) is 0.470. The normalized spacial score (nSPS) is 10.3. The van der Waals surface area contributed by atoms with Crippen molar-refractivity contribution in [1.29, 1.82) is 0 Å². The summed E-state index contributed by atoms with van der Waals surface area (Å²) in [6.07, 6.45) is 0. The topological polar surface area (TPSA) is 52.3 Å². The van der Waals surface area contributed by atoms with Gasteiger partial charge in [0.25, 0.3) is 0 Å². The molecule has 0 atom stereocenters. The Morgan fingerprint density at radius 2 is 1.95 bits per heavy atom. The molecule has 2 aromatic rings. The van der Waals surface area contributed by atoms with Crippen LogP contribution in [0.2, 0.25) is 5.02 Å². The number of hydrogen-bond acceptors (Lipinski definition) is 3. The van der Waals surface area contributed by atoms with Crippen molar-refractivity contribution in [2.75, 3.05) is 12.8 Å². The molecule has 0 saturated heterocycles. The molecule has 0 unspecified atom stereocenters. The first-order valence-electron chi connectivity index (χ1n) is 5.77. The van der Waals surface area contributed by atoms with E-state index in [2.05, 4.69) is 0 Å². The Morgan fingerprint density at radius 3 is 2.53 bits per heavy atom. The number of aryl methyl sites for hydroxylation is 1. The van der Waals surface area contributed by atoms with Gasteiger partial charge in [0.2, 0.25) is 0 Å². The quantitative estimate of drug-likeness (QED) is 0.689. The highest BCUT2D eigenvalue weighted by Gasteiger charge is 2.13. The van der Waals surface area contributed by atoms with Crippen molar-refractivity contribution in [2.45, 2.75) is 6.92 Å². The molecule has 0 aliphatic rings. The van der Waals surface area contributed by atoms with E-state index in [1.807, 2.05) is 13.0 Å². The van der Waals surface area contributed by atoms with Crippen LogP contribution in [0.1, 0.15) is 21.5 Å². The van der Waals surface area contributed by atoms with E-state index in [0.717, 1.165) is 5.56 Å². The molecule has 0 bridgehead atoms. The monoisotopic (exact) mass is 275 g/mol. The fraction of sp³-hybridized carbons (Fsp3) is 0.133. The SMILES string of the molecule is COc1ccc(C(=O)c2ccc(C)c(Cl)c2)c(N)c1. The van der Waals surface area contributed by atoms with Gasteiger partial charge in [-0.2, -0.15) is 0 Å². The van der Waals surface area contributed by atoms with E-state index in [0.29, 0.717) is 27.6 Å². The number of halogens is 1. The lowest BCUT2D eigenvalue weighted by Gasteiger charge is -2.08. The van der Waals surface area contributed by atoms with Crippen LogP contribution < -0.4 is 10.5 Å². The highest BCUT2D eigenvalue weighted by atomic mass is 35.5. The average Bonchev–Trinajstić information content (AvgIpc) is 2.41. The zero-order valence-corrected chi connectivity index (χ0v) is 11.5. The van der Waals surface area contributed by atoms with Crippen molar-refractivity contribution in [3.63, 3.8) is 0 Å². The van der Waals surface area contributed by atoms with Crippen molar-refractivity contribution in [1.82, 2.24) is 0 Å². The second-order valence-electron chi connectivity index (χ2n) is 4.25. The van der Waals surface area contributed by atoms with Crippen molar-refractivity contribution in [3.05, 3.63) is 58.1 Å². The molecule has 0 aliphatic carbocycles. The van der Waals surface area contributed by atoms with Crippen LogP contribution in [-0.4, -0.2) is 12.9 Å². The van der Waals surface area contributed by atoms with Gasteiger partial charge >= 0.3 is 0 Å². The Hall–Kier alpha value is -2.00. The number of anilines is 1. The van der Waals surface area contributed by atoms with Gasteiger partial charge in [0.15, 0.2) is 5.78 Å². The van der Waals surface area contributed by atoms with E-state index in [-0.39, 0.29) is 5.78 Å². The number of benzene rings is 2. The molecule has 3 nitrogen and oxygen atoms in total. The molecule has 0 heterocycles. The van der Waals surface area contributed by atoms with Crippen LogP contribution in [0, 0.1) is 6.92 Å². The number of hydrogen-bond donors (Lipinski definition) is 1. The van der Waals surface area contributed by atoms with Gasteiger partial charge in [-0.1, -0.05) is 23.7 Å². The Bertz CT molecular complexity index is 638. The first kappa shape index (κ1) is 13.4. The lowest BCUT2D eigenvalue weighted by atomic mass is 10.0. The van der Waals surface area contributed by atoms with Gasteiger partial charge in [-0.3, -0.25) is 4.79 Å². The number of methoxy groups -OCH3 is 1. The molecule has 0 spiro atoms. The van der Waals surface area contributed by atoms with E-state index in [9.17, 15) is 4.79 Å². The van der Waals surface area contributed by atoms with Crippen molar-refractivity contribution in [2.24, 2.45) is 0 Å². The first-order valence-corrected chi connectivity index (χ1v) is 6.15. The molecule has 4 heteroatoms. The maximum absolute atomic E-state index is 12.4. The molecule has 0 amide bonds. The third-order valence-electron chi connectivity index (χ3n) is 2.94. The number of rotatable bonds is 3. The number of ether oxygens (including phenoxy) is 1. The number of carbonyl (C=O) groups is 1. The van der Waals surface area contributed by atoms with Crippen molar-refractivity contribution < 1.29 is 9.53 Å². The first-order chi connectivity index (χ1) is 9.02. The Labute approximate surface area is 117 Å². The largest absolute Gasteiger partial charge is 0.497 e. The van der Waals surface area contributed by atoms with Crippen molar-refractivity contribution in [3.8, 4) is 5.75 Å². The van der Waals surface area contributed by atoms with Gasteiger partial charge in [0.1, 0.15) is 5.75 Å². The second-order valence-corrected chi connectivity index (χ2v) is 4.65. The molecular weight excluding hydrogens is 262 g/mol. The summed E-state index contributed by atoms with van der Waals surface area (Å²) in [5, 5.41) is 0.568. The Balaban J connectivity index is 2.41. The summed E-state index contributed by atoms with van der Waals surface area (Å²) in [6.45, 7) is 1.89. The third-order valence-corrected chi connectivity index (χ3v) is 3.34. The molecule has 98 valence electrons. The van der Waals surface area contributed by atoms with E-state index in [1.165, 1.54) is 0 Å². The van der Waals surface area contributed by atoms with Gasteiger partial charge in [-0.25, -0.2) is 0 Å². The van der Waals surface area contributed by atoms with E-state index in [4.69, 9.17) is 22.1 Å². The highest BCUT2D eigenvalue weighted by Crippen LogP contribution is 2.24. The minimum atomic E-state index is -0.151. The lowest BCUT2D eigenvalue weighted by Crippen LogP contribution is -2.05. The van der Waals surface area contributed by atoms with Gasteiger partial charge < -0.3 is 10.5 Å². The maximum Gasteiger partial charge on any atom is 0.195 e. The van der Waals surface area contributed by atoms with Gasteiger partial charge in [0.05, 0.1) is 7.11 Å². The van der Waals surface area contributed by atoms with E-state index < -0.39 is 0 Å². The van der Waals surface area contributed by atoms with Crippen LogP contribution >= 0.6 is 11.6 Å². The van der Waals surface area contributed by atoms with Crippen LogP contribution in [0.15, 0.2) is 36.4 Å². The molecule has 2 N–H and O–H groups in total. The molecular formula is C15H14ClNO2. The summed E-state index contributed by atoms with van der Waals surface area (Å²) >= 11 is 6.03. The maximum atomic E-state index is 12.4. The van der Waals surface area contributed by atoms with Crippen LogP contribution in [0.5, 0.6) is 5.75 Å². The summed E-state index contributed by atoms with van der Waals surface area (Å²) < 4.78 is 5.06. The molecule has 0 aliphatic heterocycles. The smallest absolute Gasteiger partial charge is 0.195 e. The van der Waals surface area contributed by atoms with E-state index >= 15 is 0 Å². The summed E-state index contributed by atoms with van der Waals surface area (Å²) in [4.78, 5) is 12.4. The molecule has 0 radical (unpaired) electrons. The summed E-state index contributed by atoms with van der Waals surface area (Å²) in [6, 6.07) is 10.2. The van der Waals surface area contributed by atoms with E-state index in [1.54, 1.807) is 37.4 Å². The standard InChI is InChI=1S/C15H14ClNO2/c1-9-3-4-10(7-13(9)16)15(18)12-6-5-11(19-2)8-14(12)17/h3-8H,17H2,1-2H3. The van der Waals surface area contributed by atoms with Crippen LogP contribution in [-0.2, 0) is 0 Å². The fourth-order valence-electron chi connectivity index (χ4n) is 1.76. The van der Waals surface area contributed by atoms with Crippen LogP contribution in [0.4, 0.5) is 5.69 Å². The molecule has 19 heavy (non-hydrogen) atoms. The minimum absolute atomic E-state index is 0.151. The fourth-order valence-corrected chi connectivity index (χ4v) is 1.94. The number of nitrogens with two attached hydrogens (primary N) is 1.